The molecule has 0 bridgehead atoms. The van der Waals surface area contributed by atoms with Crippen molar-refractivity contribution in [3.63, 3.8) is 0 Å². The summed E-state index contributed by atoms with van der Waals surface area (Å²) in [6, 6.07) is 8.48. The van der Waals surface area contributed by atoms with Gasteiger partial charge in [-0.05, 0) is 106 Å². The molecule has 1 aliphatic carbocycles. The number of hydrogen-bond acceptors (Lipinski definition) is 14. The van der Waals surface area contributed by atoms with Gasteiger partial charge in [0.05, 0.1) is 39.9 Å². The van der Waals surface area contributed by atoms with Crippen molar-refractivity contribution in [2.24, 2.45) is 5.41 Å². The van der Waals surface area contributed by atoms with E-state index in [0.717, 1.165) is 4.31 Å². The molecule has 0 fully saturated rings. The number of ether oxygens (including phenoxy) is 2. The number of anilines is 1. The lowest BCUT2D eigenvalue weighted by Gasteiger charge is -2.32. The lowest BCUT2D eigenvalue weighted by molar-refractivity contribution is -0.437. The standard InChI is InChI=1S/C47H61N3O17S4/c1-8-66-42(51)13-10-22-48(7)70(61,62)34-16-18-38-36(28-34)45(3,4)40(49(38)23-11-25-68(55,56)57)20-14-32-27-33(31-47(30-32,43(52)53)44(54)67-9-2)15-21-41-46(5,6)37-29-35(71(63,64)65)17-19-39(37)50(41)24-12-26-69(58,59)60/h14-21,27-29H,8-13,22-26,30-31H2,1-7H3,(H3-,52,53,55,56,57,58,59,60,63,64,65)/p+1. The minimum atomic E-state index is -4.63. The summed E-state index contributed by atoms with van der Waals surface area (Å²) in [4.78, 5) is 40.3. The number of rotatable bonds is 22. The molecule has 3 aliphatic rings. The van der Waals surface area contributed by atoms with Crippen molar-refractivity contribution >= 4 is 75.4 Å². The molecule has 5 rings (SSSR count). The molecule has 390 valence electrons. The molecular formula is C47H62N3O17S4+. The Labute approximate surface area is 415 Å². The lowest BCUT2D eigenvalue weighted by Crippen LogP contribution is -2.42. The summed E-state index contributed by atoms with van der Waals surface area (Å²) >= 11 is 0. The molecule has 20 nitrogen and oxygen atoms in total. The highest BCUT2D eigenvalue weighted by Crippen LogP contribution is 2.49. The van der Waals surface area contributed by atoms with Crippen molar-refractivity contribution in [2.75, 3.05) is 56.3 Å². The zero-order valence-corrected chi connectivity index (χ0v) is 43.9. The summed E-state index contributed by atoms with van der Waals surface area (Å²) < 4.78 is 141. The molecule has 2 aliphatic heterocycles. The first kappa shape index (κ1) is 56.8. The highest BCUT2D eigenvalue weighted by atomic mass is 32.2. The molecule has 71 heavy (non-hydrogen) atoms. The topological polar surface area (TPSA) is 297 Å². The van der Waals surface area contributed by atoms with Gasteiger partial charge in [-0.25, -0.2) is 12.7 Å². The molecule has 1 unspecified atom stereocenters. The van der Waals surface area contributed by atoms with Gasteiger partial charge in [-0.1, -0.05) is 32.1 Å². The molecular weight excluding hydrogens is 1010 g/mol. The number of nitrogens with zero attached hydrogens (tertiary/aromatic N) is 3. The van der Waals surface area contributed by atoms with Gasteiger partial charge in [0.15, 0.2) is 11.1 Å². The van der Waals surface area contributed by atoms with Crippen LogP contribution in [0.4, 0.5) is 11.4 Å². The van der Waals surface area contributed by atoms with E-state index >= 15 is 0 Å². The van der Waals surface area contributed by atoms with Crippen LogP contribution in [0.3, 0.4) is 0 Å². The van der Waals surface area contributed by atoms with Crippen molar-refractivity contribution in [3.05, 3.63) is 94.7 Å². The van der Waals surface area contributed by atoms with Crippen LogP contribution < -0.4 is 4.90 Å². The van der Waals surface area contributed by atoms with Gasteiger partial charge in [-0.3, -0.25) is 28.0 Å². The Kier molecular flexibility index (Phi) is 17.3. The van der Waals surface area contributed by atoms with Crippen molar-refractivity contribution in [1.29, 1.82) is 0 Å². The van der Waals surface area contributed by atoms with Gasteiger partial charge >= 0.3 is 17.9 Å². The highest BCUT2D eigenvalue weighted by Gasteiger charge is 2.51. The lowest BCUT2D eigenvalue weighted by atomic mass is 9.71. The van der Waals surface area contributed by atoms with Gasteiger partial charge in [0.25, 0.3) is 30.4 Å². The van der Waals surface area contributed by atoms with Crippen molar-refractivity contribution in [2.45, 2.75) is 101 Å². The van der Waals surface area contributed by atoms with Gasteiger partial charge in [0.1, 0.15) is 6.54 Å². The number of carbonyl (C=O) groups is 3. The Morgan fingerprint density at radius 2 is 1.39 bits per heavy atom. The highest BCUT2D eigenvalue weighted by molar-refractivity contribution is 7.89. The first-order valence-electron chi connectivity index (χ1n) is 22.7. The van der Waals surface area contributed by atoms with Gasteiger partial charge < -0.3 is 19.5 Å². The average molecular weight is 1070 g/mol. The molecule has 24 heteroatoms. The van der Waals surface area contributed by atoms with Gasteiger partial charge in [-0.15, -0.1) is 0 Å². The van der Waals surface area contributed by atoms with Gasteiger partial charge in [-0.2, -0.15) is 29.8 Å². The zero-order chi connectivity index (χ0) is 53.1. The quantitative estimate of drug-likeness (QED) is 0.0500. The zero-order valence-electron chi connectivity index (χ0n) is 40.6. The van der Waals surface area contributed by atoms with Crippen LogP contribution in [0.5, 0.6) is 0 Å². The number of carbonyl (C=O) groups excluding carboxylic acids is 2. The van der Waals surface area contributed by atoms with E-state index in [2.05, 4.69) is 0 Å². The number of esters is 2. The van der Waals surface area contributed by atoms with Crippen LogP contribution in [0.25, 0.3) is 0 Å². The summed E-state index contributed by atoms with van der Waals surface area (Å²) in [5.41, 5.74) is -0.382. The predicted molar refractivity (Wildman–Crippen MR) is 263 cm³/mol. The first-order chi connectivity index (χ1) is 32.8. The molecule has 2 heterocycles. The monoisotopic (exact) mass is 1070 g/mol. The fourth-order valence-electron chi connectivity index (χ4n) is 9.24. The molecule has 2 aromatic rings. The van der Waals surface area contributed by atoms with E-state index in [0.29, 0.717) is 45.1 Å². The Hall–Kier alpha value is -5.08. The Morgan fingerprint density at radius 1 is 0.775 bits per heavy atom. The number of allylic oxidation sites excluding steroid dienone is 8. The van der Waals surface area contributed by atoms with E-state index in [1.54, 1.807) is 66.7 Å². The first-order valence-corrected chi connectivity index (χ1v) is 28.8. The predicted octanol–water partition coefficient (Wildman–Crippen LogP) is 5.35. The number of carboxylic acid groups (broad SMARTS) is 1. The van der Waals surface area contributed by atoms with Crippen LogP contribution in [0.1, 0.15) is 91.2 Å². The number of fused-ring (bicyclic) bond motifs is 2. The summed E-state index contributed by atoms with van der Waals surface area (Å²) in [5.74, 6) is -4.11. The molecule has 1 atom stereocenters. The van der Waals surface area contributed by atoms with Crippen molar-refractivity contribution in [1.82, 2.24) is 4.31 Å². The van der Waals surface area contributed by atoms with Crippen LogP contribution in [0, 0.1) is 5.41 Å². The average Bonchev–Trinajstić information content (AvgIpc) is 3.60. The second-order valence-corrected chi connectivity index (χ2v) is 25.2. The molecule has 4 N–H and O–H groups in total. The number of sulfonamides is 1. The second kappa shape index (κ2) is 21.6. The van der Waals surface area contributed by atoms with Crippen LogP contribution >= 0.6 is 0 Å². The van der Waals surface area contributed by atoms with E-state index in [9.17, 15) is 66.8 Å². The SMILES string of the molecule is CCOC(=O)CCCN(C)S(=O)(=O)c1ccc2c(c1)C(C)(C)C(C=CC1=CC(=CC=C3N(CCCS(=O)(=O)O)c4ccc(S(=O)(=O)O)cc4C3(C)C)CC(C(=O)O)(C(=O)OCC)C1)=[N+]2CCCS(=O)(=O)O. The summed E-state index contributed by atoms with van der Waals surface area (Å²) in [6.45, 7) is 10.5. The number of aliphatic carboxylic acids is 1. The molecule has 0 aromatic heterocycles. The third kappa shape index (κ3) is 12.9. The van der Waals surface area contributed by atoms with Crippen molar-refractivity contribution in [3.8, 4) is 0 Å². The minimum Gasteiger partial charge on any atom is -0.480 e. The van der Waals surface area contributed by atoms with E-state index in [1.807, 2.05) is 13.8 Å². The Morgan fingerprint density at radius 3 is 2.00 bits per heavy atom. The largest absolute Gasteiger partial charge is 0.480 e. The number of benzene rings is 2. The third-order valence-corrected chi connectivity index (χ3v) is 17.1. The second-order valence-electron chi connectivity index (χ2n) is 18.6. The van der Waals surface area contributed by atoms with Crippen LogP contribution in [-0.2, 0) is 75.1 Å². The summed E-state index contributed by atoms with van der Waals surface area (Å²) in [5, 5.41) is 10.8. The van der Waals surface area contributed by atoms with Gasteiger partial charge in [0.2, 0.25) is 15.7 Å². The smallest absolute Gasteiger partial charge is 0.324 e. The molecule has 0 saturated heterocycles. The molecule has 0 radical (unpaired) electrons. The Balaban J connectivity index is 1.63. The fourth-order valence-corrected chi connectivity index (χ4v) is 12.0. The van der Waals surface area contributed by atoms with E-state index in [1.165, 1.54) is 44.3 Å². The molecule has 2 aromatic carbocycles. The molecule has 0 amide bonds. The molecule has 0 spiro atoms. The maximum atomic E-state index is 13.9. The number of carboxylic acids is 1. The maximum Gasteiger partial charge on any atom is 0.324 e. The maximum absolute atomic E-state index is 13.9. The van der Waals surface area contributed by atoms with Crippen LogP contribution in [-0.4, -0.2) is 136 Å². The molecule has 0 saturated carbocycles. The minimum absolute atomic E-state index is 0.0170. The van der Waals surface area contributed by atoms with E-state index < -0.39 is 86.0 Å². The van der Waals surface area contributed by atoms with E-state index in [-0.39, 0.29) is 81.2 Å². The van der Waals surface area contributed by atoms with E-state index in [4.69, 9.17) is 9.47 Å². The Bertz CT molecular complexity index is 3080. The summed E-state index contributed by atoms with van der Waals surface area (Å²) in [7, 11) is -16.1. The van der Waals surface area contributed by atoms with Crippen LogP contribution in [0.15, 0.2) is 93.4 Å². The normalized spacial score (nSPS) is 20.2. The number of hydrogen-bond donors (Lipinski definition) is 4. The van der Waals surface area contributed by atoms with Crippen molar-refractivity contribution < 1.29 is 80.9 Å². The fraction of sp³-hybridized carbons (Fsp3) is 0.489. The summed E-state index contributed by atoms with van der Waals surface area (Å²) in [6.07, 6.45) is 7.65. The van der Waals surface area contributed by atoms with Crippen LogP contribution in [0.2, 0.25) is 0 Å². The third-order valence-electron chi connectivity index (χ3n) is 12.8. The van der Waals surface area contributed by atoms with Gasteiger partial charge in [0, 0.05) is 67.5 Å².